The van der Waals surface area contributed by atoms with Gasteiger partial charge in [-0.2, -0.15) is 11.8 Å². The van der Waals surface area contributed by atoms with Crippen LogP contribution in [0.2, 0.25) is 0 Å². The van der Waals surface area contributed by atoms with Crippen LogP contribution in [-0.2, 0) is 19.1 Å². The smallest absolute Gasteiger partial charge is 0.304 e. The predicted molar refractivity (Wildman–Crippen MR) is 92.3 cm³/mol. The van der Waals surface area contributed by atoms with Gasteiger partial charge in [0.05, 0.1) is 32.8 Å². The van der Waals surface area contributed by atoms with E-state index in [2.05, 4.69) is 10.6 Å². The molecule has 7 nitrogen and oxygen atoms in total. The maximum atomic E-state index is 10.3. The largest absolute Gasteiger partial charge is 0.481 e. The summed E-state index contributed by atoms with van der Waals surface area (Å²) < 4.78 is 10.6. The van der Waals surface area contributed by atoms with Crippen LogP contribution in [0.15, 0.2) is 0 Å². The minimum Gasteiger partial charge on any atom is -0.481 e. The van der Waals surface area contributed by atoms with Crippen molar-refractivity contribution in [2.24, 2.45) is 0 Å². The molecule has 0 rings (SSSR count). The van der Waals surface area contributed by atoms with Gasteiger partial charge >= 0.3 is 5.97 Å². The first kappa shape index (κ1) is 22.3. The topological polar surface area (TPSA) is 96.9 Å². The van der Waals surface area contributed by atoms with Gasteiger partial charge in [-0.15, -0.1) is 0 Å². The van der Waals surface area contributed by atoms with Crippen molar-refractivity contribution in [3.05, 3.63) is 0 Å². The van der Waals surface area contributed by atoms with Crippen molar-refractivity contribution in [2.75, 3.05) is 64.1 Å². The number of aldehydes is 1. The zero-order valence-electron chi connectivity index (χ0n) is 13.8. The molecule has 0 aromatic carbocycles. The van der Waals surface area contributed by atoms with E-state index in [1.54, 1.807) is 11.8 Å². The quantitative estimate of drug-likeness (QED) is 0.227. The number of hydrogen-bond acceptors (Lipinski definition) is 7. The molecule has 0 amide bonds. The van der Waals surface area contributed by atoms with E-state index in [9.17, 15) is 9.59 Å². The number of nitrogens with one attached hydrogen (secondary N) is 2. The SMILES string of the molecule is O=CCCOCCOCCNCCCNCCSCCC(=O)O. The van der Waals surface area contributed by atoms with Crippen molar-refractivity contribution in [1.29, 1.82) is 0 Å². The van der Waals surface area contributed by atoms with Crippen molar-refractivity contribution >= 4 is 24.0 Å². The highest BCUT2D eigenvalue weighted by Gasteiger charge is 1.96. The monoisotopic (exact) mass is 350 g/mol. The molecule has 0 aromatic heterocycles. The van der Waals surface area contributed by atoms with Gasteiger partial charge in [0, 0.05) is 31.0 Å². The van der Waals surface area contributed by atoms with Crippen molar-refractivity contribution in [2.45, 2.75) is 19.3 Å². The highest BCUT2D eigenvalue weighted by molar-refractivity contribution is 7.99. The minimum absolute atomic E-state index is 0.238. The normalized spacial score (nSPS) is 10.8. The molecule has 0 atom stereocenters. The summed E-state index contributed by atoms with van der Waals surface area (Å²) in [6.45, 7) is 5.85. The van der Waals surface area contributed by atoms with Crippen LogP contribution in [0.4, 0.5) is 0 Å². The lowest BCUT2D eigenvalue weighted by molar-refractivity contribution is -0.136. The van der Waals surface area contributed by atoms with Gasteiger partial charge in [-0.3, -0.25) is 4.79 Å². The van der Waals surface area contributed by atoms with Crippen LogP contribution < -0.4 is 10.6 Å². The van der Waals surface area contributed by atoms with E-state index in [0.717, 1.165) is 44.6 Å². The first-order valence-electron chi connectivity index (χ1n) is 8.07. The van der Waals surface area contributed by atoms with Gasteiger partial charge in [0.2, 0.25) is 0 Å². The number of hydrogen-bond donors (Lipinski definition) is 3. The second-order valence-electron chi connectivity index (χ2n) is 4.79. The summed E-state index contributed by atoms with van der Waals surface area (Å²) in [5, 5.41) is 15.1. The molecule has 0 saturated heterocycles. The third-order valence-electron chi connectivity index (χ3n) is 2.77. The van der Waals surface area contributed by atoms with Crippen molar-refractivity contribution in [1.82, 2.24) is 10.6 Å². The molecule has 0 aliphatic carbocycles. The maximum Gasteiger partial charge on any atom is 0.304 e. The van der Waals surface area contributed by atoms with Crippen LogP contribution in [0.3, 0.4) is 0 Å². The van der Waals surface area contributed by atoms with Gasteiger partial charge in [0.1, 0.15) is 6.29 Å². The van der Waals surface area contributed by atoms with Crippen molar-refractivity contribution < 1.29 is 24.2 Å². The Bertz CT molecular complexity index is 283. The van der Waals surface area contributed by atoms with E-state index in [1.165, 1.54) is 0 Å². The van der Waals surface area contributed by atoms with Crippen LogP contribution in [0.5, 0.6) is 0 Å². The third kappa shape index (κ3) is 21.3. The van der Waals surface area contributed by atoms with E-state index in [4.69, 9.17) is 14.6 Å². The van der Waals surface area contributed by atoms with Gasteiger partial charge in [0.25, 0.3) is 0 Å². The number of ether oxygens (including phenoxy) is 2. The van der Waals surface area contributed by atoms with E-state index < -0.39 is 5.97 Å². The van der Waals surface area contributed by atoms with Crippen LogP contribution >= 0.6 is 11.8 Å². The second-order valence-corrected chi connectivity index (χ2v) is 6.01. The Balaban J connectivity index is 2.97. The van der Waals surface area contributed by atoms with E-state index in [1.807, 2.05) is 0 Å². The molecule has 0 bridgehead atoms. The number of carbonyl (C=O) groups excluding carboxylic acids is 1. The van der Waals surface area contributed by atoms with Crippen molar-refractivity contribution in [3.63, 3.8) is 0 Å². The summed E-state index contributed by atoms with van der Waals surface area (Å²) in [6, 6.07) is 0. The Kier molecular flexibility index (Phi) is 18.8. The molecule has 0 saturated carbocycles. The Morgan fingerprint density at radius 3 is 2.35 bits per heavy atom. The number of carbonyl (C=O) groups is 2. The summed E-state index contributed by atoms with van der Waals surface area (Å²) >= 11 is 1.66. The predicted octanol–water partition coefficient (Wildman–Crippen LogP) is 0.386. The number of thioether (sulfide) groups is 1. The number of aliphatic carboxylic acids is 1. The summed E-state index contributed by atoms with van der Waals surface area (Å²) in [5.41, 5.74) is 0. The van der Waals surface area contributed by atoms with E-state index in [0.29, 0.717) is 38.6 Å². The molecule has 0 aliphatic rings. The maximum absolute atomic E-state index is 10.3. The summed E-state index contributed by atoms with van der Waals surface area (Å²) in [5.74, 6) is 0.899. The fourth-order valence-electron chi connectivity index (χ4n) is 1.59. The zero-order chi connectivity index (χ0) is 17.0. The van der Waals surface area contributed by atoms with Crippen LogP contribution in [0, 0.1) is 0 Å². The minimum atomic E-state index is -0.731. The lowest BCUT2D eigenvalue weighted by atomic mass is 10.4. The lowest BCUT2D eigenvalue weighted by Crippen LogP contribution is -2.26. The average Bonchev–Trinajstić information content (AvgIpc) is 2.53. The Morgan fingerprint density at radius 1 is 0.957 bits per heavy atom. The molecule has 3 N–H and O–H groups in total. The molecular formula is C15H30N2O5S. The molecule has 0 aromatic rings. The summed E-state index contributed by atoms with van der Waals surface area (Å²) in [4.78, 5) is 20.4. The zero-order valence-corrected chi connectivity index (χ0v) is 14.6. The fraction of sp³-hybridized carbons (Fsp3) is 0.867. The van der Waals surface area contributed by atoms with Gasteiger partial charge in [-0.05, 0) is 19.5 Å². The lowest BCUT2D eigenvalue weighted by Gasteiger charge is -2.07. The van der Waals surface area contributed by atoms with Gasteiger partial charge in [-0.25, -0.2) is 0 Å². The third-order valence-corrected chi connectivity index (χ3v) is 3.75. The highest BCUT2D eigenvalue weighted by atomic mass is 32.2. The summed E-state index contributed by atoms with van der Waals surface area (Å²) in [6.07, 6.45) is 2.57. The molecule has 0 fully saturated rings. The van der Waals surface area contributed by atoms with Gasteiger partial charge < -0.3 is 30.0 Å². The Hall–Kier alpha value is -0.670. The first-order valence-corrected chi connectivity index (χ1v) is 9.23. The molecule has 0 aliphatic heterocycles. The first-order chi connectivity index (χ1) is 11.3. The molecular weight excluding hydrogens is 320 g/mol. The standard InChI is InChI=1S/C15H30N2O5S/c18-8-2-9-21-11-12-22-10-6-16-4-1-5-17-7-14-23-13-3-15(19)20/h8,16-17H,1-7,9-14H2,(H,19,20). The van der Waals surface area contributed by atoms with Crippen molar-refractivity contribution in [3.8, 4) is 0 Å². The molecule has 136 valence electrons. The second kappa shape index (κ2) is 19.4. The van der Waals surface area contributed by atoms with E-state index in [-0.39, 0.29) is 6.42 Å². The fourth-order valence-corrected chi connectivity index (χ4v) is 2.40. The number of carboxylic acid groups (broad SMARTS) is 1. The number of carboxylic acids is 1. The molecule has 0 radical (unpaired) electrons. The van der Waals surface area contributed by atoms with Gasteiger partial charge in [0.15, 0.2) is 0 Å². The van der Waals surface area contributed by atoms with Crippen LogP contribution in [0.1, 0.15) is 19.3 Å². The highest BCUT2D eigenvalue weighted by Crippen LogP contribution is 2.00. The molecule has 8 heteroatoms. The Morgan fingerprint density at radius 2 is 1.65 bits per heavy atom. The van der Waals surface area contributed by atoms with E-state index >= 15 is 0 Å². The molecule has 23 heavy (non-hydrogen) atoms. The summed E-state index contributed by atoms with van der Waals surface area (Å²) in [7, 11) is 0. The molecule has 0 spiro atoms. The van der Waals surface area contributed by atoms with Crippen LogP contribution in [0.25, 0.3) is 0 Å². The Labute approximate surface area is 142 Å². The van der Waals surface area contributed by atoms with Gasteiger partial charge in [-0.1, -0.05) is 0 Å². The van der Waals surface area contributed by atoms with Crippen LogP contribution in [-0.4, -0.2) is 81.5 Å². The average molecular weight is 350 g/mol. The molecule has 0 heterocycles. The number of rotatable bonds is 19. The molecule has 0 unspecified atom stereocenters.